The molecule has 1 atom stereocenters. The highest BCUT2D eigenvalue weighted by Gasteiger charge is 2.26. The van der Waals surface area contributed by atoms with Crippen molar-refractivity contribution < 1.29 is 9.47 Å². The first-order valence-corrected chi connectivity index (χ1v) is 10.0. The van der Waals surface area contributed by atoms with Crippen molar-refractivity contribution in [2.75, 3.05) is 26.8 Å². The molecule has 4 heterocycles. The van der Waals surface area contributed by atoms with Gasteiger partial charge in [-0.25, -0.2) is 4.52 Å². The summed E-state index contributed by atoms with van der Waals surface area (Å²) in [5, 5.41) is 8.81. The molecule has 7 nitrogen and oxygen atoms in total. The number of methoxy groups -OCH3 is 1. The first-order valence-electron chi connectivity index (χ1n) is 10.0. The molecule has 0 amide bonds. The van der Waals surface area contributed by atoms with Crippen LogP contribution >= 0.6 is 0 Å². The normalized spacial score (nSPS) is 17.3. The molecule has 0 saturated carbocycles. The summed E-state index contributed by atoms with van der Waals surface area (Å²) in [5.74, 6) is 0.841. The van der Waals surface area contributed by atoms with E-state index in [1.54, 1.807) is 13.3 Å². The van der Waals surface area contributed by atoms with Gasteiger partial charge in [0.2, 0.25) is 0 Å². The van der Waals surface area contributed by atoms with Crippen LogP contribution in [0, 0.1) is 0 Å². The molecule has 1 aliphatic heterocycles. The van der Waals surface area contributed by atoms with Gasteiger partial charge in [0, 0.05) is 43.8 Å². The number of aromatic nitrogens is 4. The zero-order valence-electron chi connectivity index (χ0n) is 16.8. The Bertz CT molecular complexity index is 1130. The highest BCUT2D eigenvalue weighted by Crippen LogP contribution is 2.28. The van der Waals surface area contributed by atoms with Gasteiger partial charge in [-0.15, -0.1) is 5.10 Å². The van der Waals surface area contributed by atoms with Gasteiger partial charge in [0.05, 0.1) is 19.2 Å². The van der Waals surface area contributed by atoms with E-state index >= 15 is 0 Å². The second kappa shape index (κ2) is 8.22. The smallest absolute Gasteiger partial charge is 0.121 e. The highest BCUT2D eigenvalue weighted by molar-refractivity contribution is 5.66. The number of benzene rings is 1. The van der Waals surface area contributed by atoms with Crippen LogP contribution in [0.25, 0.3) is 16.6 Å². The van der Waals surface area contributed by atoms with E-state index in [9.17, 15) is 0 Å². The lowest BCUT2D eigenvalue weighted by Crippen LogP contribution is -2.38. The third kappa shape index (κ3) is 3.77. The fourth-order valence-electron chi connectivity index (χ4n) is 3.86. The molecule has 0 aliphatic carbocycles. The summed E-state index contributed by atoms with van der Waals surface area (Å²) in [5.41, 5.74) is 5.23. The van der Waals surface area contributed by atoms with Gasteiger partial charge in [-0.05, 0) is 35.4 Å². The number of morpholine rings is 1. The molecule has 0 bridgehead atoms. The standard InChI is InChI=1S/C23H23N5O2/c1-29-20-7-4-18(5-8-20)19-6-9-21-23(25-26-28(21)15-19)22-16-27(11-12-30-22)14-17-3-2-10-24-13-17/h2-10,13,15,22H,11-12,14,16H2,1H3. The van der Waals surface area contributed by atoms with E-state index < -0.39 is 0 Å². The van der Waals surface area contributed by atoms with Crippen LogP contribution in [0.15, 0.2) is 67.1 Å². The van der Waals surface area contributed by atoms with E-state index in [1.165, 1.54) is 5.56 Å². The van der Waals surface area contributed by atoms with E-state index in [4.69, 9.17) is 9.47 Å². The van der Waals surface area contributed by atoms with Crippen LogP contribution < -0.4 is 4.74 Å². The number of nitrogens with zero attached hydrogens (tertiary/aromatic N) is 5. The molecule has 0 spiro atoms. The molecular weight excluding hydrogens is 378 g/mol. The van der Waals surface area contributed by atoms with Crippen LogP contribution in [0.4, 0.5) is 0 Å². The Morgan fingerprint density at radius 3 is 2.77 bits per heavy atom. The van der Waals surface area contributed by atoms with Crippen LogP contribution in [0.3, 0.4) is 0 Å². The van der Waals surface area contributed by atoms with Gasteiger partial charge in [0.1, 0.15) is 17.5 Å². The Kier molecular flexibility index (Phi) is 5.13. The topological polar surface area (TPSA) is 64.8 Å². The minimum atomic E-state index is -0.0974. The third-order valence-corrected chi connectivity index (χ3v) is 5.45. The van der Waals surface area contributed by atoms with Crippen molar-refractivity contribution in [2.45, 2.75) is 12.6 Å². The molecule has 152 valence electrons. The molecule has 1 unspecified atom stereocenters. The van der Waals surface area contributed by atoms with Crippen molar-refractivity contribution in [3.8, 4) is 16.9 Å². The second-order valence-corrected chi connectivity index (χ2v) is 7.41. The molecule has 1 aromatic carbocycles. The molecule has 0 radical (unpaired) electrons. The molecule has 7 heteroatoms. The predicted octanol–water partition coefficient (Wildman–Crippen LogP) is 3.37. The lowest BCUT2D eigenvalue weighted by molar-refractivity contribution is -0.0343. The lowest BCUT2D eigenvalue weighted by atomic mass is 10.1. The predicted molar refractivity (Wildman–Crippen MR) is 113 cm³/mol. The van der Waals surface area contributed by atoms with Gasteiger partial charge in [-0.1, -0.05) is 29.5 Å². The first-order chi connectivity index (χ1) is 14.8. The zero-order chi connectivity index (χ0) is 20.3. The van der Waals surface area contributed by atoms with Crippen LogP contribution in [-0.4, -0.2) is 51.5 Å². The maximum Gasteiger partial charge on any atom is 0.121 e. The summed E-state index contributed by atoms with van der Waals surface area (Å²) in [6.07, 6.45) is 5.62. The van der Waals surface area contributed by atoms with Gasteiger partial charge in [-0.2, -0.15) is 0 Å². The Morgan fingerprint density at radius 1 is 1.10 bits per heavy atom. The SMILES string of the molecule is COc1ccc(-c2ccc3c(C4CN(Cc5cccnc5)CCO4)nnn3c2)cc1. The van der Waals surface area contributed by atoms with Gasteiger partial charge >= 0.3 is 0 Å². The molecule has 1 fully saturated rings. The number of hydrogen-bond acceptors (Lipinski definition) is 6. The Hall–Kier alpha value is -3.29. The monoisotopic (exact) mass is 401 g/mol. The zero-order valence-corrected chi connectivity index (χ0v) is 16.8. The Balaban J connectivity index is 1.36. The molecule has 30 heavy (non-hydrogen) atoms. The molecule has 1 aliphatic rings. The summed E-state index contributed by atoms with van der Waals surface area (Å²) in [4.78, 5) is 6.59. The van der Waals surface area contributed by atoms with E-state index in [-0.39, 0.29) is 6.10 Å². The van der Waals surface area contributed by atoms with E-state index in [0.717, 1.165) is 47.7 Å². The van der Waals surface area contributed by atoms with Crippen LogP contribution in [0.5, 0.6) is 5.75 Å². The fourth-order valence-corrected chi connectivity index (χ4v) is 3.86. The van der Waals surface area contributed by atoms with Crippen molar-refractivity contribution in [1.29, 1.82) is 0 Å². The number of hydrogen-bond donors (Lipinski definition) is 0. The molecule has 5 rings (SSSR count). The van der Waals surface area contributed by atoms with Crippen LogP contribution in [0.1, 0.15) is 17.4 Å². The van der Waals surface area contributed by atoms with E-state index in [0.29, 0.717) is 6.61 Å². The van der Waals surface area contributed by atoms with Crippen molar-refractivity contribution in [3.05, 3.63) is 78.4 Å². The molecular formula is C23H23N5O2. The first kappa shape index (κ1) is 18.7. The minimum absolute atomic E-state index is 0.0974. The van der Waals surface area contributed by atoms with Gasteiger partial charge in [-0.3, -0.25) is 9.88 Å². The quantitative estimate of drug-likeness (QED) is 0.511. The third-order valence-electron chi connectivity index (χ3n) is 5.45. The summed E-state index contributed by atoms with van der Waals surface area (Å²) < 4.78 is 13.1. The molecule has 0 N–H and O–H groups in total. The van der Waals surface area contributed by atoms with Gasteiger partial charge < -0.3 is 9.47 Å². The maximum atomic E-state index is 6.05. The summed E-state index contributed by atoms with van der Waals surface area (Å²) in [7, 11) is 1.67. The summed E-state index contributed by atoms with van der Waals surface area (Å²) in [6.45, 7) is 3.21. The molecule has 1 saturated heterocycles. The minimum Gasteiger partial charge on any atom is -0.497 e. The van der Waals surface area contributed by atoms with Crippen LogP contribution in [0.2, 0.25) is 0 Å². The molecule has 4 aromatic rings. The van der Waals surface area contributed by atoms with E-state index in [1.807, 2.05) is 47.2 Å². The summed E-state index contributed by atoms with van der Waals surface area (Å²) in [6, 6.07) is 16.2. The van der Waals surface area contributed by atoms with Crippen molar-refractivity contribution in [2.24, 2.45) is 0 Å². The number of rotatable bonds is 5. The maximum absolute atomic E-state index is 6.05. The number of pyridine rings is 2. The second-order valence-electron chi connectivity index (χ2n) is 7.41. The van der Waals surface area contributed by atoms with E-state index in [2.05, 4.69) is 38.4 Å². The Labute approximate surface area is 174 Å². The number of fused-ring (bicyclic) bond motifs is 1. The van der Waals surface area contributed by atoms with Gasteiger partial charge in [0.15, 0.2) is 0 Å². The van der Waals surface area contributed by atoms with Crippen molar-refractivity contribution in [1.82, 2.24) is 24.7 Å². The van der Waals surface area contributed by atoms with Crippen molar-refractivity contribution >= 4 is 5.52 Å². The average Bonchev–Trinajstić information content (AvgIpc) is 3.23. The van der Waals surface area contributed by atoms with Crippen molar-refractivity contribution in [3.63, 3.8) is 0 Å². The largest absolute Gasteiger partial charge is 0.497 e. The van der Waals surface area contributed by atoms with Crippen LogP contribution in [-0.2, 0) is 11.3 Å². The van der Waals surface area contributed by atoms with Gasteiger partial charge in [0.25, 0.3) is 0 Å². The number of ether oxygens (including phenoxy) is 2. The summed E-state index contributed by atoms with van der Waals surface area (Å²) >= 11 is 0. The lowest BCUT2D eigenvalue weighted by Gasteiger charge is -2.32. The fraction of sp³-hybridized carbons (Fsp3) is 0.261. The highest BCUT2D eigenvalue weighted by atomic mass is 16.5. The average molecular weight is 401 g/mol. The molecule has 3 aromatic heterocycles. The Morgan fingerprint density at radius 2 is 1.97 bits per heavy atom.